The Labute approximate surface area is 191 Å². The summed E-state index contributed by atoms with van der Waals surface area (Å²) in [6.45, 7) is 3.79. The van der Waals surface area contributed by atoms with Gasteiger partial charge in [0.1, 0.15) is 0 Å². The predicted molar refractivity (Wildman–Crippen MR) is 126 cm³/mol. The lowest BCUT2D eigenvalue weighted by molar-refractivity contribution is 0.129. The molecular weight excluding hydrogens is 464 g/mol. The van der Waals surface area contributed by atoms with Crippen molar-refractivity contribution >= 4 is 33.5 Å². The molecule has 0 saturated carbocycles. The Hall–Kier alpha value is -1.64. The monoisotopic (exact) mass is 490 g/mol. The van der Waals surface area contributed by atoms with E-state index in [0.717, 1.165) is 60.9 Å². The number of halogens is 2. The zero-order valence-electron chi connectivity index (χ0n) is 16.9. The van der Waals surface area contributed by atoms with Gasteiger partial charge >= 0.3 is 0 Å². The van der Waals surface area contributed by atoms with Crippen molar-refractivity contribution in [1.82, 2.24) is 20.7 Å². The Kier molecular flexibility index (Phi) is 7.28. The number of benzene rings is 2. The molecule has 0 bridgehead atoms. The third kappa shape index (κ3) is 5.53. The molecule has 1 atom stereocenters. The van der Waals surface area contributed by atoms with E-state index in [0.29, 0.717) is 6.04 Å². The number of hydrazine groups is 1. The van der Waals surface area contributed by atoms with Crippen LogP contribution in [0.15, 0.2) is 58.0 Å². The van der Waals surface area contributed by atoms with Gasteiger partial charge < -0.3 is 4.90 Å². The molecule has 160 valence electrons. The molecule has 4 N–H and O–H groups in total. The van der Waals surface area contributed by atoms with Crippen LogP contribution in [0.25, 0.3) is 0 Å². The van der Waals surface area contributed by atoms with Gasteiger partial charge in [-0.05, 0) is 48.6 Å². The molecule has 2 aromatic rings. The fraction of sp³-hybridized carbons (Fsp3) is 0.409. The summed E-state index contributed by atoms with van der Waals surface area (Å²) in [5.74, 6) is 0.855. The smallest absolute Gasteiger partial charge is 0.211 e. The molecule has 0 aromatic heterocycles. The molecule has 2 heterocycles. The molecule has 2 aromatic carbocycles. The highest BCUT2D eigenvalue weighted by Crippen LogP contribution is 2.23. The molecule has 1 saturated heterocycles. The number of hydrogen-bond donors (Lipinski definition) is 3. The van der Waals surface area contributed by atoms with Gasteiger partial charge in [-0.25, -0.2) is 4.99 Å². The summed E-state index contributed by atoms with van der Waals surface area (Å²) in [6.07, 6.45) is 2.83. The van der Waals surface area contributed by atoms with Crippen LogP contribution >= 0.6 is 27.5 Å². The number of likely N-dealkylation sites (tertiary alicyclic amines) is 1. The quantitative estimate of drug-likeness (QED) is 0.578. The second kappa shape index (κ2) is 10.1. The van der Waals surface area contributed by atoms with Crippen molar-refractivity contribution in [2.45, 2.75) is 38.1 Å². The molecule has 0 aliphatic carbocycles. The van der Waals surface area contributed by atoms with Gasteiger partial charge in [-0.1, -0.05) is 57.9 Å². The van der Waals surface area contributed by atoms with Crippen LogP contribution in [0.1, 0.15) is 24.0 Å². The molecule has 1 unspecified atom stereocenters. The molecule has 0 spiro atoms. The van der Waals surface area contributed by atoms with Gasteiger partial charge in [-0.3, -0.25) is 16.1 Å². The van der Waals surface area contributed by atoms with E-state index in [4.69, 9.17) is 17.3 Å². The highest BCUT2D eigenvalue weighted by Gasteiger charge is 2.28. The van der Waals surface area contributed by atoms with E-state index in [2.05, 4.69) is 78.0 Å². The van der Waals surface area contributed by atoms with Crippen LogP contribution < -0.4 is 16.6 Å². The van der Waals surface area contributed by atoms with Gasteiger partial charge in [0.25, 0.3) is 0 Å². The van der Waals surface area contributed by atoms with E-state index >= 15 is 0 Å². The lowest BCUT2D eigenvalue weighted by Crippen LogP contribution is -2.51. The molecule has 4 rings (SSSR count). The van der Waals surface area contributed by atoms with E-state index in [9.17, 15) is 0 Å². The molecule has 0 radical (unpaired) electrons. The predicted octanol–water partition coefficient (Wildman–Crippen LogP) is 3.32. The van der Waals surface area contributed by atoms with Crippen molar-refractivity contribution in [3.05, 3.63) is 69.2 Å². The zero-order chi connectivity index (χ0) is 20.9. The number of piperidine rings is 1. The van der Waals surface area contributed by atoms with Gasteiger partial charge in [-0.15, -0.1) is 0 Å². The third-order valence-corrected chi connectivity index (χ3v) is 6.70. The number of hydrogen-bond acceptors (Lipinski definition) is 6. The minimum absolute atomic E-state index is 0.361. The molecule has 2 aliphatic rings. The zero-order valence-corrected chi connectivity index (χ0v) is 19.2. The number of nitrogens with two attached hydrogens (primary N) is 1. The summed E-state index contributed by atoms with van der Waals surface area (Å²) < 4.78 is 1.11. The van der Waals surface area contributed by atoms with Crippen molar-refractivity contribution in [3.8, 4) is 0 Å². The maximum absolute atomic E-state index is 6.48. The number of rotatable bonds is 6. The fourth-order valence-corrected chi connectivity index (χ4v) is 4.56. The molecular formula is C22H28BrClN6. The van der Waals surface area contributed by atoms with E-state index < -0.39 is 0 Å². The topological polar surface area (TPSA) is 68.9 Å². The summed E-state index contributed by atoms with van der Waals surface area (Å²) in [5.41, 5.74) is 14.4. The van der Waals surface area contributed by atoms with Crippen molar-refractivity contribution in [2.75, 3.05) is 19.6 Å². The lowest BCUT2D eigenvalue weighted by atomic mass is 10.0. The second-order valence-corrected chi connectivity index (χ2v) is 9.15. The Morgan fingerprint density at radius 1 is 1.13 bits per heavy atom. The minimum atomic E-state index is -0.361. The maximum Gasteiger partial charge on any atom is 0.211 e. The Bertz CT molecular complexity index is 866. The summed E-state index contributed by atoms with van der Waals surface area (Å²) in [6, 6.07) is 17.3. The van der Waals surface area contributed by atoms with Crippen LogP contribution in [0, 0.1) is 0 Å². The van der Waals surface area contributed by atoms with E-state index in [1.165, 1.54) is 11.1 Å². The van der Waals surface area contributed by atoms with Crippen molar-refractivity contribution in [3.63, 3.8) is 0 Å². The lowest BCUT2D eigenvalue weighted by Gasteiger charge is -2.39. The van der Waals surface area contributed by atoms with Crippen LogP contribution in [0.5, 0.6) is 0 Å². The molecule has 2 aliphatic heterocycles. The van der Waals surface area contributed by atoms with Crippen LogP contribution in [-0.4, -0.2) is 47.7 Å². The summed E-state index contributed by atoms with van der Waals surface area (Å²) in [4.78, 5) is 9.28. The van der Waals surface area contributed by atoms with Crippen molar-refractivity contribution in [1.29, 1.82) is 0 Å². The van der Waals surface area contributed by atoms with E-state index in [1.807, 2.05) is 12.1 Å². The highest BCUT2D eigenvalue weighted by molar-refractivity contribution is 9.10. The summed E-state index contributed by atoms with van der Waals surface area (Å²) in [7, 11) is 0. The van der Waals surface area contributed by atoms with Gasteiger partial charge in [0.05, 0.1) is 0 Å². The first-order valence-corrected chi connectivity index (χ1v) is 11.6. The number of aliphatic imine (C=N–C) groups is 1. The van der Waals surface area contributed by atoms with Gasteiger partial charge in [0.2, 0.25) is 5.96 Å². The molecule has 0 amide bonds. The first-order chi connectivity index (χ1) is 14.6. The average molecular weight is 492 g/mol. The first-order valence-electron chi connectivity index (χ1n) is 10.4. The normalized spacial score (nSPS) is 19.8. The Morgan fingerprint density at radius 2 is 1.87 bits per heavy atom. The maximum atomic E-state index is 6.48. The number of nitrogens with one attached hydrogen (secondary N) is 2. The molecule has 30 heavy (non-hydrogen) atoms. The van der Waals surface area contributed by atoms with Crippen LogP contribution in [-0.2, 0) is 13.0 Å². The Balaban J connectivity index is 1.42. The van der Waals surface area contributed by atoms with Crippen LogP contribution in [0.3, 0.4) is 0 Å². The van der Waals surface area contributed by atoms with Crippen molar-refractivity contribution < 1.29 is 0 Å². The molecule has 6 nitrogen and oxygen atoms in total. The fourth-order valence-electron chi connectivity index (χ4n) is 4.10. The summed E-state index contributed by atoms with van der Waals surface area (Å²) >= 11 is 10.0. The Morgan fingerprint density at radius 3 is 2.53 bits per heavy atom. The van der Waals surface area contributed by atoms with Gasteiger partial charge in [0.15, 0.2) is 6.29 Å². The minimum Gasteiger partial charge on any atom is -0.342 e. The van der Waals surface area contributed by atoms with Crippen LogP contribution in [0.4, 0.5) is 0 Å². The average Bonchev–Trinajstić information content (AvgIpc) is 3.20. The van der Waals surface area contributed by atoms with E-state index in [-0.39, 0.29) is 6.29 Å². The van der Waals surface area contributed by atoms with Gasteiger partial charge in [0, 0.05) is 41.7 Å². The largest absolute Gasteiger partial charge is 0.342 e. The second-order valence-electron chi connectivity index (χ2n) is 7.82. The third-order valence-electron chi connectivity index (χ3n) is 5.81. The molecule has 1 fully saturated rings. The van der Waals surface area contributed by atoms with Crippen molar-refractivity contribution in [2.24, 2.45) is 10.7 Å². The first kappa shape index (κ1) is 21.6. The number of nitrogens with zero attached hydrogens (tertiary/aromatic N) is 3. The standard InChI is InChI=1S/C22H28BrClN6/c23-18-7-5-16(6-8-18)9-12-30(15-17-3-1-2-4-20(17)24)19-10-13-29(14-11-19)22-26-21(25)27-28-22/h1-8,19,21,27H,9-15,25H2,(H,26,28). The summed E-state index contributed by atoms with van der Waals surface area (Å²) in [5, 5.41) is 0.841. The SMILES string of the molecule is NC1N=C(N2CCC(N(CCc3ccc(Br)cc3)Cc3ccccc3Cl)CC2)NN1. The van der Waals surface area contributed by atoms with Crippen LogP contribution in [0.2, 0.25) is 5.02 Å². The highest BCUT2D eigenvalue weighted by atomic mass is 79.9. The molecule has 8 heteroatoms. The van der Waals surface area contributed by atoms with E-state index in [1.54, 1.807) is 0 Å². The van der Waals surface area contributed by atoms with Gasteiger partial charge in [-0.2, -0.15) is 5.43 Å². The number of guanidine groups is 1.